The lowest BCUT2D eigenvalue weighted by Crippen LogP contribution is -2.56. The maximum absolute atomic E-state index is 14.9. The molecule has 0 radical (unpaired) electrons. The molecule has 0 aromatic heterocycles. The normalized spacial score (nSPS) is 32.0. The Morgan fingerprint density at radius 3 is 2.25 bits per heavy atom. The average molecular weight is 945 g/mol. The van der Waals surface area contributed by atoms with Crippen LogP contribution >= 0.6 is 0 Å². The van der Waals surface area contributed by atoms with Gasteiger partial charge in [0.25, 0.3) is 11.7 Å². The van der Waals surface area contributed by atoms with Gasteiger partial charge in [0.2, 0.25) is 0 Å². The molecule has 0 unspecified atom stereocenters. The summed E-state index contributed by atoms with van der Waals surface area (Å²) in [6, 6.07) is 0. The van der Waals surface area contributed by atoms with E-state index in [0.717, 1.165) is 19.6 Å². The number of nitrogens with one attached hydrogen (secondary N) is 1. The maximum atomic E-state index is 14.9. The standard InChI is InChI=1S/C51H68N4O13/c1-25(2)24-55-21-19-51(20-22-55)53-38-35-36-41(59)29(6)46-37(35)47(61)50(11,68-46)64-23-18-32(63-12)28(5)44(65-34(58)17-16-33(56)57)31(8)45-30(7)43(66-49(9,10)67-45)26(3)14-13-15-27(4)48(62)52-40(42(36)60)39(38)54-51/h13-15,18,23,25-26,28,30-32,43-45,53,59-60H,16-17,19-22,24H2,1-12H3,(H,56,57)/b14-13+,23-18+,27-15-,52-40?/t26-,28+,30+,31-,32-,43-,44+,45+,50-/m0/s1. The number of ketones is 1. The van der Waals surface area contributed by atoms with E-state index in [0.29, 0.717) is 24.4 Å². The molecule has 17 heteroatoms. The number of amides is 1. The number of esters is 1. The molecular weight excluding hydrogens is 877 g/mol. The Kier molecular flexibility index (Phi) is 14.3. The Balaban J connectivity index is 1.39. The first-order valence-corrected chi connectivity index (χ1v) is 23.7. The number of aliphatic carboxylic acids is 1. The summed E-state index contributed by atoms with van der Waals surface area (Å²) >= 11 is 0. The van der Waals surface area contributed by atoms with Crippen molar-refractivity contribution in [2.45, 2.75) is 143 Å². The highest BCUT2D eigenvalue weighted by molar-refractivity contribution is 6.21. The van der Waals surface area contributed by atoms with Crippen LogP contribution in [0.25, 0.3) is 10.8 Å². The van der Waals surface area contributed by atoms with E-state index < -0.39 is 89.3 Å². The number of fused-ring (bicyclic) bond motifs is 9. The summed E-state index contributed by atoms with van der Waals surface area (Å²) in [5, 5.41) is 37.2. The number of piperidine rings is 1. The van der Waals surface area contributed by atoms with E-state index in [4.69, 9.17) is 33.4 Å². The number of Topliss-reactive ketones (excluding diaryl/α,β-unsaturated/α-hetero) is 1. The molecule has 1 spiro atoms. The first-order chi connectivity index (χ1) is 31.9. The highest BCUT2D eigenvalue weighted by Gasteiger charge is 2.52. The van der Waals surface area contributed by atoms with Gasteiger partial charge in [-0.05, 0) is 39.7 Å². The summed E-state index contributed by atoms with van der Waals surface area (Å²) in [5.74, 6) is -8.12. The van der Waals surface area contributed by atoms with Gasteiger partial charge in [-0.2, -0.15) is 0 Å². The van der Waals surface area contributed by atoms with Crippen LogP contribution in [-0.4, -0.2) is 112 Å². The number of carbonyl (C=O) groups is 4. The van der Waals surface area contributed by atoms with E-state index >= 15 is 0 Å². The van der Waals surface area contributed by atoms with Gasteiger partial charge in [-0.25, -0.2) is 4.99 Å². The number of nitrogens with zero attached hydrogens (tertiary/aromatic N) is 3. The molecule has 9 atom stereocenters. The van der Waals surface area contributed by atoms with Crippen molar-refractivity contribution in [3.05, 3.63) is 58.0 Å². The molecule has 0 aliphatic carbocycles. The molecule has 2 fully saturated rings. The van der Waals surface area contributed by atoms with E-state index in [1.807, 2.05) is 47.6 Å². The number of methoxy groups -OCH3 is 1. The molecule has 4 N–H and O–H groups in total. The first-order valence-electron chi connectivity index (χ1n) is 23.7. The number of carboxylic acid groups (broad SMARTS) is 1. The number of phenols is 2. The minimum absolute atomic E-state index is 0.0445. The van der Waals surface area contributed by atoms with E-state index in [-0.39, 0.29) is 67.9 Å². The lowest BCUT2D eigenvalue weighted by Gasteiger charge is -2.50. The van der Waals surface area contributed by atoms with Gasteiger partial charge in [0.15, 0.2) is 11.5 Å². The molecular formula is C51H68N4O13. The Labute approximate surface area is 397 Å². The Morgan fingerprint density at radius 2 is 1.60 bits per heavy atom. The summed E-state index contributed by atoms with van der Waals surface area (Å²) in [5.41, 5.74) is -0.0926. The number of ether oxygens (including phenoxy) is 6. The molecule has 2 aromatic rings. The van der Waals surface area contributed by atoms with Gasteiger partial charge in [0, 0.05) is 86.7 Å². The largest absolute Gasteiger partial charge is 0.507 e. The minimum Gasteiger partial charge on any atom is -0.507 e. The van der Waals surface area contributed by atoms with Gasteiger partial charge in [-0.15, -0.1) is 0 Å². The number of hydrogen-bond donors (Lipinski definition) is 4. The molecule has 6 heterocycles. The van der Waals surface area contributed by atoms with Crippen molar-refractivity contribution in [3.63, 3.8) is 0 Å². The number of allylic oxidation sites excluding steroid dienone is 2. The molecule has 2 aromatic carbocycles. The van der Waals surface area contributed by atoms with E-state index in [1.54, 1.807) is 32.1 Å². The lowest BCUT2D eigenvalue weighted by molar-refractivity contribution is -0.336. The summed E-state index contributed by atoms with van der Waals surface area (Å²) < 4.78 is 37.8. The predicted molar refractivity (Wildman–Crippen MR) is 251 cm³/mol. The second kappa shape index (κ2) is 19.2. The second-order valence-electron chi connectivity index (χ2n) is 20.3. The van der Waals surface area contributed by atoms with Crippen LogP contribution in [0.3, 0.4) is 0 Å². The molecule has 8 rings (SSSR count). The lowest BCUT2D eigenvalue weighted by atomic mass is 9.77. The van der Waals surface area contributed by atoms with E-state index in [9.17, 15) is 34.5 Å². The summed E-state index contributed by atoms with van der Waals surface area (Å²) in [6.07, 6.45) is 5.95. The van der Waals surface area contributed by atoms with Gasteiger partial charge in [0.05, 0.1) is 54.1 Å². The van der Waals surface area contributed by atoms with Gasteiger partial charge < -0.3 is 54.0 Å². The molecule has 68 heavy (non-hydrogen) atoms. The van der Waals surface area contributed by atoms with Crippen LogP contribution in [0.1, 0.15) is 111 Å². The van der Waals surface area contributed by atoms with E-state index in [2.05, 4.69) is 29.1 Å². The van der Waals surface area contributed by atoms with Crippen LogP contribution in [0.2, 0.25) is 0 Å². The van der Waals surface area contributed by atoms with Crippen LogP contribution in [0.5, 0.6) is 17.2 Å². The number of rotatable bonds is 7. The molecule has 0 saturated carbocycles. The van der Waals surface area contributed by atoms with Crippen LogP contribution < -0.4 is 20.8 Å². The fraction of sp³-hybridized carbons (Fsp3) is 0.608. The smallest absolute Gasteiger partial charge is 0.312 e. The van der Waals surface area contributed by atoms with Crippen molar-refractivity contribution in [1.29, 1.82) is 0 Å². The molecule has 17 nitrogen and oxygen atoms in total. The van der Waals surface area contributed by atoms with Gasteiger partial charge >= 0.3 is 17.7 Å². The van der Waals surface area contributed by atoms with Crippen LogP contribution in [-0.2, 0) is 38.1 Å². The average Bonchev–Trinajstić information content (AvgIpc) is 3.77. The van der Waals surface area contributed by atoms with E-state index in [1.165, 1.54) is 20.3 Å². The number of benzene rings is 2. The number of carbonyl (C=O) groups excluding carboxylic acids is 3. The summed E-state index contributed by atoms with van der Waals surface area (Å²) in [7, 11) is 1.48. The highest BCUT2D eigenvalue weighted by atomic mass is 16.7. The van der Waals surface area contributed by atoms with Crippen molar-refractivity contribution in [2.24, 2.45) is 39.6 Å². The predicted octanol–water partition coefficient (Wildman–Crippen LogP) is 6.39. The van der Waals surface area contributed by atoms with Gasteiger partial charge in [-0.1, -0.05) is 59.8 Å². The van der Waals surface area contributed by atoms with Crippen molar-refractivity contribution in [1.82, 2.24) is 4.90 Å². The van der Waals surface area contributed by atoms with Crippen molar-refractivity contribution in [2.75, 3.05) is 32.1 Å². The monoisotopic (exact) mass is 944 g/mol. The third kappa shape index (κ3) is 9.63. The number of phenolic OH excluding ortho intramolecular Hbond substituents is 2. The molecule has 7 bridgehead atoms. The molecule has 2 saturated heterocycles. The summed E-state index contributed by atoms with van der Waals surface area (Å²) in [6.45, 7) is 22.7. The topological polar surface area (TPSA) is 224 Å². The maximum Gasteiger partial charge on any atom is 0.312 e. The van der Waals surface area contributed by atoms with Crippen LogP contribution in [0.4, 0.5) is 5.69 Å². The number of likely N-dealkylation sites (tertiary alicyclic amines) is 1. The fourth-order valence-electron chi connectivity index (χ4n) is 10.6. The Morgan fingerprint density at radius 1 is 0.926 bits per heavy atom. The quantitative estimate of drug-likeness (QED) is 0.174. The first kappa shape index (κ1) is 50.5. The van der Waals surface area contributed by atoms with Crippen molar-refractivity contribution < 1.29 is 62.9 Å². The van der Waals surface area contributed by atoms with Crippen LogP contribution in [0.15, 0.2) is 46.1 Å². The van der Waals surface area contributed by atoms with Crippen molar-refractivity contribution >= 4 is 40.1 Å². The summed E-state index contributed by atoms with van der Waals surface area (Å²) in [4.78, 5) is 65.8. The number of aromatic hydroxyl groups is 2. The molecule has 370 valence electrons. The zero-order valence-electron chi connectivity index (χ0n) is 41.3. The Bertz CT molecular complexity index is 2580. The third-order valence-corrected chi connectivity index (χ3v) is 14.2. The zero-order chi connectivity index (χ0) is 49.8. The molecule has 6 aliphatic rings. The Hall–Kier alpha value is -5.36. The second-order valence-corrected chi connectivity index (χ2v) is 20.3. The highest BCUT2D eigenvalue weighted by Crippen LogP contribution is 2.51. The van der Waals surface area contributed by atoms with Crippen LogP contribution in [0, 0.1) is 36.5 Å². The fourth-order valence-corrected chi connectivity index (χ4v) is 10.6. The van der Waals surface area contributed by atoms with Crippen molar-refractivity contribution in [3.8, 4) is 17.2 Å². The number of hydrogen-bond acceptors (Lipinski definition) is 15. The zero-order valence-corrected chi connectivity index (χ0v) is 41.3. The minimum atomic E-state index is -1.98. The van der Waals surface area contributed by atoms with Gasteiger partial charge in [0.1, 0.15) is 34.0 Å². The van der Waals surface area contributed by atoms with Gasteiger partial charge in [-0.3, -0.25) is 24.2 Å². The number of anilines is 1. The molecule has 1 amide bonds. The SMILES string of the molecule is CO[C@H]1/C=C/O[C@@]2(C)Oc3c(C)c(O)c4c(O)c(c5c(c4c3C2=O)NC2(CCN(CC(C)C)CC2)N=5)=NC(=O)/C(C)=C\C=C\[C@H](C)[C@@H]2OC(C)(C)O[C@@H]([C@@H](C)[C@H](OC(=O)CCC(=O)O)[C@@H]1C)[C@@H]2C. The third-order valence-electron chi connectivity index (χ3n) is 14.2. The number of carboxylic acids is 1. The molecule has 6 aliphatic heterocycles.